The topological polar surface area (TPSA) is 75.1 Å². The lowest BCUT2D eigenvalue weighted by Crippen LogP contribution is -2.07. The fraction of sp³-hybridized carbons (Fsp3) is 0.583. The van der Waals surface area contributed by atoms with Gasteiger partial charge in [-0.05, 0) is 32.8 Å². The highest BCUT2D eigenvalue weighted by Crippen LogP contribution is 2.05. The molecular formula is C12H19N3O2. The quantitative estimate of drug-likeness (QED) is 0.711. The van der Waals surface area contributed by atoms with Crippen molar-refractivity contribution >= 4 is 11.9 Å². The molecule has 5 heteroatoms. The second-order valence-electron chi connectivity index (χ2n) is 4.11. The van der Waals surface area contributed by atoms with E-state index in [9.17, 15) is 4.79 Å². The number of anilines is 1. The third kappa shape index (κ3) is 5.85. The lowest BCUT2D eigenvalue weighted by molar-refractivity contribution is -0.137. The molecule has 0 aromatic carbocycles. The van der Waals surface area contributed by atoms with E-state index in [1.165, 1.54) is 0 Å². The Kier molecular flexibility index (Phi) is 5.39. The van der Waals surface area contributed by atoms with Crippen LogP contribution < -0.4 is 5.32 Å². The Bertz CT molecular complexity index is 360. The van der Waals surface area contributed by atoms with Crippen LogP contribution in [0.4, 0.5) is 5.95 Å². The van der Waals surface area contributed by atoms with Crippen molar-refractivity contribution in [3.8, 4) is 0 Å². The van der Waals surface area contributed by atoms with E-state index in [4.69, 9.17) is 5.11 Å². The highest BCUT2D eigenvalue weighted by Gasteiger charge is 1.99. The van der Waals surface area contributed by atoms with E-state index in [1.54, 1.807) is 0 Å². The molecule has 0 saturated heterocycles. The molecule has 2 N–H and O–H groups in total. The van der Waals surface area contributed by atoms with E-state index < -0.39 is 5.97 Å². The molecule has 0 aliphatic heterocycles. The molecule has 1 heterocycles. The summed E-state index contributed by atoms with van der Waals surface area (Å²) in [4.78, 5) is 18.8. The lowest BCUT2D eigenvalue weighted by atomic mass is 10.2. The molecule has 0 fully saturated rings. The molecule has 0 aliphatic carbocycles. The number of carboxylic acids is 1. The number of aromatic nitrogens is 2. The van der Waals surface area contributed by atoms with E-state index >= 15 is 0 Å². The minimum absolute atomic E-state index is 0.250. The zero-order valence-corrected chi connectivity index (χ0v) is 10.4. The summed E-state index contributed by atoms with van der Waals surface area (Å²) in [6.07, 6.45) is 2.82. The predicted molar refractivity (Wildman–Crippen MR) is 66.1 cm³/mol. The Labute approximate surface area is 101 Å². The van der Waals surface area contributed by atoms with Crippen LogP contribution in [0, 0.1) is 13.8 Å². The van der Waals surface area contributed by atoms with Gasteiger partial charge in [-0.25, -0.2) is 9.97 Å². The predicted octanol–water partition coefficient (Wildman–Crippen LogP) is 2.15. The number of unbranched alkanes of at least 4 members (excludes halogenated alkanes) is 2. The molecule has 0 radical (unpaired) electrons. The first-order chi connectivity index (χ1) is 8.08. The van der Waals surface area contributed by atoms with Gasteiger partial charge in [-0.3, -0.25) is 4.79 Å². The number of carboxylic acid groups (broad SMARTS) is 1. The number of nitrogens with zero attached hydrogens (tertiary/aromatic N) is 2. The maximum absolute atomic E-state index is 10.3. The van der Waals surface area contributed by atoms with Gasteiger partial charge in [0.25, 0.3) is 0 Å². The van der Waals surface area contributed by atoms with Crippen molar-refractivity contribution in [2.75, 3.05) is 11.9 Å². The zero-order chi connectivity index (χ0) is 12.7. The monoisotopic (exact) mass is 237 g/mol. The van der Waals surface area contributed by atoms with Crippen LogP contribution in [-0.4, -0.2) is 27.6 Å². The van der Waals surface area contributed by atoms with Gasteiger partial charge in [0.1, 0.15) is 0 Å². The number of hydrogen-bond acceptors (Lipinski definition) is 4. The summed E-state index contributed by atoms with van der Waals surface area (Å²) in [5.41, 5.74) is 1.90. The van der Waals surface area contributed by atoms with Gasteiger partial charge in [-0.15, -0.1) is 0 Å². The van der Waals surface area contributed by atoms with Gasteiger partial charge in [0.2, 0.25) is 5.95 Å². The normalized spacial score (nSPS) is 10.2. The third-order valence-electron chi connectivity index (χ3n) is 2.33. The zero-order valence-electron chi connectivity index (χ0n) is 10.4. The maximum atomic E-state index is 10.3. The van der Waals surface area contributed by atoms with E-state index in [2.05, 4.69) is 15.3 Å². The maximum Gasteiger partial charge on any atom is 0.303 e. The van der Waals surface area contributed by atoms with Crippen LogP contribution in [0.2, 0.25) is 0 Å². The van der Waals surface area contributed by atoms with E-state index in [0.717, 1.165) is 37.2 Å². The fourth-order valence-corrected chi connectivity index (χ4v) is 1.58. The molecule has 17 heavy (non-hydrogen) atoms. The number of hydrogen-bond donors (Lipinski definition) is 2. The van der Waals surface area contributed by atoms with Crippen LogP contribution >= 0.6 is 0 Å². The molecule has 1 rings (SSSR count). The Balaban J connectivity index is 2.20. The number of aliphatic carboxylic acids is 1. The summed E-state index contributed by atoms with van der Waals surface area (Å²) in [6, 6.07) is 1.93. The highest BCUT2D eigenvalue weighted by molar-refractivity contribution is 5.66. The van der Waals surface area contributed by atoms with Crippen molar-refractivity contribution in [2.45, 2.75) is 39.5 Å². The van der Waals surface area contributed by atoms with Crippen LogP contribution in [0.15, 0.2) is 6.07 Å². The fourth-order valence-electron chi connectivity index (χ4n) is 1.58. The highest BCUT2D eigenvalue weighted by atomic mass is 16.4. The van der Waals surface area contributed by atoms with Crippen molar-refractivity contribution in [1.82, 2.24) is 9.97 Å². The van der Waals surface area contributed by atoms with Gasteiger partial charge in [-0.1, -0.05) is 6.42 Å². The molecule has 1 aromatic rings. The molecule has 0 bridgehead atoms. The Morgan fingerprint density at radius 1 is 1.24 bits per heavy atom. The van der Waals surface area contributed by atoms with Crippen LogP contribution in [0.3, 0.4) is 0 Å². The van der Waals surface area contributed by atoms with Gasteiger partial charge in [-0.2, -0.15) is 0 Å². The molecule has 0 amide bonds. The van der Waals surface area contributed by atoms with E-state index in [-0.39, 0.29) is 6.42 Å². The Morgan fingerprint density at radius 3 is 2.47 bits per heavy atom. The van der Waals surface area contributed by atoms with E-state index in [1.807, 2.05) is 19.9 Å². The largest absolute Gasteiger partial charge is 0.481 e. The smallest absolute Gasteiger partial charge is 0.303 e. The Morgan fingerprint density at radius 2 is 1.88 bits per heavy atom. The van der Waals surface area contributed by atoms with Gasteiger partial charge in [0.05, 0.1) is 0 Å². The third-order valence-corrected chi connectivity index (χ3v) is 2.33. The van der Waals surface area contributed by atoms with Crippen molar-refractivity contribution in [3.63, 3.8) is 0 Å². The minimum atomic E-state index is -0.726. The van der Waals surface area contributed by atoms with Crippen molar-refractivity contribution in [1.29, 1.82) is 0 Å². The van der Waals surface area contributed by atoms with Gasteiger partial charge in [0, 0.05) is 24.4 Å². The first kappa shape index (κ1) is 13.4. The molecular weight excluding hydrogens is 218 g/mol. The number of carbonyl (C=O) groups is 1. The van der Waals surface area contributed by atoms with Crippen molar-refractivity contribution < 1.29 is 9.90 Å². The van der Waals surface area contributed by atoms with Crippen LogP contribution in [0.1, 0.15) is 37.1 Å². The molecule has 94 valence electrons. The van der Waals surface area contributed by atoms with Crippen molar-refractivity contribution in [3.05, 3.63) is 17.5 Å². The second kappa shape index (κ2) is 6.83. The molecule has 0 spiro atoms. The lowest BCUT2D eigenvalue weighted by Gasteiger charge is -2.06. The first-order valence-corrected chi connectivity index (χ1v) is 5.86. The van der Waals surface area contributed by atoms with Gasteiger partial charge < -0.3 is 10.4 Å². The average Bonchev–Trinajstić information content (AvgIpc) is 2.21. The van der Waals surface area contributed by atoms with Crippen LogP contribution in [-0.2, 0) is 4.79 Å². The molecule has 0 unspecified atom stereocenters. The molecule has 0 aliphatic rings. The first-order valence-electron chi connectivity index (χ1n) is 5.86. The van der Waals surface area contributed by atoms with Gasteiger partial charge >= 0.3 is 5.97 Å². The van der Waals surface area contributed by atoms with Gasteiger partial charge in [0.15, 0.2) is 0 Å². The number of nitrogens with one attached hydrogen (secondary N) is 1. The van der Waals surface area contributed by atoms with Crippen molar-refractivity contribution in [2.24, 2.45) is 0 Å². The SMILES string of the molecule is Cc1cc(C)nc(NCCCCCC(=O)O)n1. The number of aryl methyl sites for hydroxylation is 2. The minimum Gasteiger partial charge on any atom is -0.481 e. The molecule has 0 atom stereocenters. The Hall–Kier alpha value is -1.65. The standard InChI is InChI=1S/C12H19N3O2/c1-9-8-10(2)15-12(14-9)13-7-5-3-4-6-11(16)17/h8H,3-7H2,1-2H3,(H,16,17)(H,13,14,15). The summed E-state index contributed by atoms with van der Waals surface area (Å²) >= 11 is 0. The summed E-state index contributed by atoms with van der Waals surface area (Å²) in [7, 11) is 0. The van der Waals surface area contributed by atoms with Crippen LogP contribution in [0.25, 0.3) is 0 Å². The molecule has 1 aromatic heterocycles. The number of rotatable bonds is 7. The second-order valence-corrected chi connectivity index (χ2v) is 4.11. The van der Waals surface area contributed by atoms with E-state index in [0.29, 0.717) is 5.95 Å². The molecule has 5 nitrogen and oxygen atoms in total. The summed E-state index contributed by atoms with van der Waals surface area (Å²) < 4.78 is 0. The summed E-state index contributed by atoms with van der Waals surface area (Å²) in [6.45, 7) is 4.65. The summed E-state index contributed by atoms with van der Waals surface area (Å²) in [5.74, 6) is -0.0728. The average molecular weight is 237 g/mol. The van der Waals surface area contributed by atoms with Crippen LogP contribution in [0.5, 0.6) is 0 Å². The summed E-state index contributed by atoms with van der Waals surface area (Å²) in [5, 5.41) is 11.6. The molecule has 0 saturated carbocycles.